The third-order valence-electron chi connectivity index (χ3n) is 1.80. The summed E-state index contributed by atoms with van der Waals surface area (Å²) in [6.07, 6.45) is 3.46. The Morgan fingerprint density at radius 3 is 2.50 bits per heavy atom. The molecule has 72 valence electrons. The molecule has 1 unspecified atom stereocenters. The summed E-state index contributed by atoms with van der Waals surface area (Å²) in [5.41, 5.74) is 0.837. The van der Waals surface area contributed by atoms with Crippen molar-refractivity contribution in [2.24, 2.45) is 0 Å². The molecule has 1 aromatic carbocycles. The molecule has 1 atom stereocenters. The Labute approximate surface area is 83.5 Å². The lowest BCUT2D eigenvalue weighted by molar-refractivity contribution is 0.537. The summed E-state index contributed by atoms with van der Waals surface area (Å²) in [7, 11) is 0. The molecule has 0 N–H and O–H groups in total. The van der Waals surface area contributed by atoms with Crippen LogP contribution in [0.2, 0.25) is 0 Å². The van der Waals surface area contributed by atoms with E-state index < -0.39 is 11.1 Å². The average molecular weight is 207 g/mol. The van der Waals surface area contributed by atoms with Gasteiger partial charge in [-0.25, -0.2) is 4.68 Å². The third kappa shape index (κ3) is 1.73. The Bertz CT molecular complexity index is 436. The van der Waals surface area contributed by atoms with Crippen molar-refractivity contribution < 1.29 is 8.76 Å². The van der Waals surface area contributed by atoms with Gasteiger partial charge in [-0.1, -0.05) is 0 Å². The molecule has 1 heterocycles. The molecule has 5 heteroatoms. The van der Waals surface area contributed by atoms with Crippen molar-refractivity contribution in [2.45, 2.75) is 4.90 Å². The molecule has 0 aliphatic carbocycles. The zero-order chi connectivity index (χ0) is 9.97. The van der Waals surface area contributed by atoms with Crippen LogP contribution in [0.4, 0.5) is 0 Å². The predicted molar refractivity (Wildman–Crippen MR) is 50.7 cm³/mol. The van der Waals surface area contributed by atoms with Crippen LogP contribution < -0.4 is 0 Å². The van der Waals surface area contributed by atoms with Crippen molar-refractivity contribution in [1.29, 1.82) is 0 Å². The van der Waals surface area contributed by atoms with Crippen LogP contribution in [0.5, 0.6) is 0 Å². The topological polar surface area (TPSA) is 57.9 Å². The van der Waals surface area contributed by atoms with Gasteiger partial charge in [0.2, 0.25) is 0 Å². The minimum absolute atomic E-state index is 0.279. The fourth-order valence-corrected chi connectivity index (χ4v) is 1.49. The fraction of sp³-hybridized carbons (Fsp3) is 0. The SMILES string of the molecule is O=S([O-])c1ccc(-n2cccn2)cc1. The highest BCUT2D eigenvalue weighted by Gasteiger charge is 1.96. The summed E-state index contributed by atoms with van der Waals surface area (Å²) in [6, 6.07) is 8.30. The summed E-state index contributed by atoms with van der Waals surface area (Å²) in [5, 5.41) is 4.02. The molecule has 2 aromatic rings. The standard InChI is InChI=1S/C9H8N2O2S/c12-14(13)9-4-2-8(3-5-9)11-7-1-6-10-11/h1-7H,(H,12,13)/p-1. The molecule has 0 fully saturated rings. The van der Waals surface area contributed by atoms with E-state index in [9.17, 15) is 8.76 Å². The first-order valence-electron chi connectivity index (χ1n) is 3.97. The largest absolute Gasteiger partial charge is 0.768 e. The zero-order valence-corrected chi connectivity index (χ0v) is 7.98. The first-order valence-corrected chi connectivity index (χ1v) is 5.04. The van der Waals surface area contributed by atoms with Gasteiger partial charge in [0.15, 0.2) is 0 Å². The number of benzene rings is 1. The molecular formula is C9H7N2O2S-. The Balaban J connectivity index is 2.36. The quantitative estimate of drug-likeness (QED) is 0.693. The number of hydrogen-bond acceptors (Lipinski definition) is 3. The van der Waals surface area contributed by atoms with Gasteiger partial charge in [-0.15, -0.1) is 0 Å². The summed E-state index contributed by atoms with van der Waals surface area (Å²) in [6.45, 7) is 0. The lowest BCUT2D eigenvalue weighted by atomic mass is 10.3. The van der Waals surface area contributed by atoms with Gasteiger partial charge in [-0.3, -0.25) is 4.21 Å². The van der Waals surface area contributed by atoms with E-state index in [1.54, 1.807) is 47.4 Å². The number of nitrogens with zero attached hydrogens (tertiary/aromatic N) is 2. The van der Waals surface area contributed by atoms with Gasteiger partial charge in [0.25, 0.3) is 0 Å². The van der Waals surface area contributed by atoms with Crippen LogP contribution in [-0.2, 0) is 11.1 Å². The molecule has 0 aliphatic rings. The summed E-state index contributed by atoms with van der Waals surface area (Å²) < 4.78 is 22.8. The van der Waals surface area contributed by atoms with E-state index in [1.165, 1.54) is 0 Å². The van der Waals surface area contributed by atoms with Crippen molar-refractivity contribution in [2.75, 3.05) is 0 Å². The third-order valence-corrected chi connectivity index (χ3v) is 2.46. The Morgan fingerprint density at radius 1 is 1.29 bits per heavy atom. The number of hydrogen-bond donors (Lipinski definition) is 0. The Morgan fingerprint density at radius 2 is 2.00 bits per heavy atom. The molecule has 14 heavy (non-hydrogen) atoms. The van der Waals surface area contributed by atoms with Gasteiger partial charge >= 0.3 is 0 Å². The first kappa shape index (κ1) is 9.11. The van der Waals surface area contributed by atoms with Crippen molar-refractivity contribution in [3.05, 3.63) is 42.7 Å². The lowest BCUT2D eigenvalue weighted by Crippen LogP contribution is -1.95. The maximum Gasteiger partial charge on any atom is 0.0646 e. The van der Waals surface area contributed by atoms with Crippen LogP contribution in [0.25, 0.3) is 5.69 Å². The van der Waals surface area contributed by atoms with Gasteiger partial charge in [0, 0.05) is 17.3 Å². The van der Waals surface area contributed by atoms with Crippen molar-refractivity contribution in [1.82, 2.24) is 9.78 Å². The monoisotopic (exact) mass is 207 g/mol. The van der Waals surface area contributed by atoms with E-state index in [0.29, 0.717) is 0 Å². The second kappa shape index (κ2) is 3.73. The van der Waals surface area contributed by atoms with Crippen LogP contribution in [0.1, 0.15) is 0 Å². The molecule has 4 nitrogen and oxygen atoms in total. The van der Waals surface area contributed by atoms with Crippen LogP contribution in [0, 0.1) is 0 Å². The van der Waals surface area contributed by atoms with Gasteiger partial charge in [0.05, 0.1) is 5.69 Å². The molecule has 0 aliphatic heterocycles. The van der Waals surface area contributed by atoms with Gasteiger partial charge in [0.1, 0.15) is 0 Å². The Hall–Kier alpha value is -1.46. The first-order chi connectivity index (χ1) is 6.77. The van der Waals surface area contributed by atoms with Crippen LogP contribution >= 0.6 is 0 Å². The van der Waals surface area contributed by atoms with E-state index in [0.717, 1.165) is 5.69 Å². The summed E-state index contributed by atoms with van der Waals surface area (Å²) in [4.78, 5) is 0.279. The van der Waals surface area contributed by atoms with E-state index in [4.69, 9.17) is 0 Å². The van der Waals surface area contributed by atoms with Crippen molar-refractivity contribution >= 4 is 11.1 Å². The van der Waals surface area contributed by atoms with Crippen LogP contribution in [-0.4, -0.2) is 18.5 Å². The van der Waals surface area contributed by atoms with E-state index in [2.05, 4.69) is 5.10 Å². The minimum Gasteiger partial charge on any atom is -0.768 e. The molecular weight excluding hydrogens is 200 g/mol. The molecule has 0 spiro atoms. The van der Waals surface area contributed by atoms with Crippen LogP contribution in [0.3, 0.4) is 0 Å². The van der Waals surface area contributed by atoms with E-state index >= 15 is 0 Å². The highest BCUT2D eigenvalue weighted by molar-refractivity contribution is 7.79. The molecule has 0 saturated heterocycles. The number of aromatic nitrogens is 2. The van der Waals surface area contributed by atoms with Crippen LogP contribution in [0.15, 0.2) is 47.6 Å². The zero-order valence-electron chi connectivity index (χ0n) is 7.16. The van der Waals surface area contributed by atoms with Crippen molar-refractivity contribution in [3.63, 3.8) is 0 Å². The Kier molecular flexibility index (Phi) is 2.43. The van der Waals surface area contributed by atoms with E-state index in [-0.39, 0.29) is 4.90 Å². The summed E-state index contributed by atoms with van der Waals surface area (Å²) >= 11 is -2.16. The minimum atomic E-state index is -2.16. The summed E-state index contributed by atoms with van der Waals surface area (Å²) in [5.74, 6) is 0. The molecule has 2 rings (SSSR count). The maximum absolute atomic E-state index is 10.6. The highest BCUT2D eigenvalue weighted by Crippen LogP contribution is 2.10. The van der Waals surface area contributed by atoms with Gasteiger partial charge in [-0.2, -0.15) is 5.10 Å². The maximum atomic E-state index is 10.6. The molecule has 0 radical (unpaired) electrons. The molecule has 0 amide bonds. The average Bonchev–Trinajstić information content (AvgIpc) is 2.71. The van der Waals surface area contributed by atoms with Gasteiger partial charge in [-0.05, 0) is 41.4 Å². The highest BCUT2D eigenvalue weighted by atomic mass is 32.2. The number of rotatable bonds is 2. The van der Waals surface area contributed by atoms with Gasteiger partial charge < -0.3 is 4.55 Å². The lowest BCUT2D eigenvalue weighted by Gasteiger charge is -2.06. The normalized spacial score (nSPS) is 12.6. The van der Waals surface area contributed by atoms with Crippen molar-refractivity contribution in [3.8, 4) is 5.69 Å². The fourth-order valence-electron chi connectivity index (χ4n) is 1.13. The molecule has 0 saturated carbocycles. The molecule has 1 aromatic heterocycles. The molecule has 0 bridgehead atoms. The van der Waals surface area contributed by atoms with E-state index in [1.807, 2.05) is 0 Å². The second-order valence-electron chi connectivity index (χ2n) is 2.68. The predicted octanol–water partition coefficient (Wildman–Crippen LogP) is 1.11. The second-order valence-corrected chi connectivity index (χ2v) is 3.62. The smallest absolute Gasteiger partial charge is 0.0646 e.